The number of tetrazole rings is 1. The molecule has 1 aliphatic heterocycles. The van der Waals surface area contributed by atoms with Gasteiger partial charge in [0, 0.05) is 13.1 Å². The molecule has 0 bridgehead atoms. The Kier molecular flexibility index (Phi) is 4.32. The molecule has 0 saturated carbocycles. The summed E-state index contributed by atoms with van der Waals surface area (Å²) in [5.74, 6) is 0.0207. The largest absolute Gasteiger partial charge is 0.355 e. The summed E-state index contributed by atoms with van der Waals surface area (Å²) >= 11 is 0. The van der Waals surface area contributed by atoms with Gasteiger partial charge in [-0.25, -0.2) is 0 Å². The maximum atomic E-state index is 12.6. The molecular formula is C14H26N6O. The standard InChI is InChI=1S/C14H26N6O/c1-13(2,3)10(11-16-18-19-17-11)12(21)15-8-14(4)6-7-20(5)9-14/h10H,6-9H2,1-5H3,(H,15,21)(H,16,17,18,19). The van der Waals surface area contributed by atoms with Crippen LogP contribution in [0.5, 0.6) is 0 Å². The molecule has 0 aromatic carbocycles. The first kappa shape index (κ1) is 15.9. The van der Waals surface area contributed by atoms with Crippen LogP contribution in [0.3, 0.4) is 0 Å². The van der Waals surface area contributed by atoms with Crippen molar-refractivity contribution in [2.24, 2.45) is 10.8 Å². The normalized spacial score (nSPS) is 25.0. The summed E-state index contributed by atoms with van der Waals surface area (Å²) < 4.78 is 0. The first-order chi connectivity index (χ1) is 9.71. The Morgan fingerprint density at radius 1 is 1.52 bits per heavy atom. The van der Waals surface area contributed by atoms with Crippen molar-refractivity contribution in [3.63, 3.8) is 0 Å². The van der Waals surface area contributed by atoms with Gasteiger partial charge in [-0.1, -0.05) is 32.9 Å². The number of amides is 1. The van der Waals surface area contributed by atoms with Crippen molar-refractivity contribution >= 4 is 5.91 Å². The highest BCUT2D eigenvalue weighted by Gasteiger charge is 2.38. The molecule has 1 aromatic heterocycles. The lowest BCUT2D eigenvalue weighted by Crippen LogP contribution is -2.42. The molecule has 0 spiro atoms. The van der Waals surface area contributed by atoms with Crippen LogP contribution in [0.4, 0.5) is 0 Å². The van der Waals surface area contributed by atoms with E-state index in [2.05, 4.69) is 44.8 Å². The zero-order valence-corrected chi connectivity index (χ0v) is 13.6. The van der Waals surface area contributed by atoms with Crippen LogP contribution in [0.1, 0.15) is 45.9 Å². The van der Waals surface area contributed by atoms with E-state index in [1.54, 1.807) is 0 Å². The van der Waals surface area contributed by atoms with E-state index in [4.69, 9.17) is 0 Å². The topological polar surface area (TPSA) is 86.8 Å². The van der Waals surface area contributed by atoms with Gasteiger partial charge in [-0.15, -0.1) is 10.2 Å². The number of aromatic nitrogens is 4. The second kappa shape index (κ2) is 5.71. The number of hydrogen-bond donors (Lipinski definition) is 2. The number of H-pyrrole nitrogens is 1. The fourth-order valence-corrected chi connectivity index (χ4v) is 3.01. The Balaban J connectivity index is 2.03. The minimum absolute atomic E-state index is 0.0281. The molecule has 2 N–H and O–H groups in total. The maximum Gasteiger partial charge on any atom is 0.231 e. The number of carbonyl (C=O) groups excluding carboxylic acids is 1. The van der Waals surface area contributed by atoms with E-state index in [1.165, 1.54) is 0 Å². The SMILES string of the molecule is CN1CCC(C)(CNC(=O)C(c2nn[nH]n2)C(C)(C)C)C1. The smallest absolute Gasteiger partial charge is 0.231 e. The van der Waals surface area contributed by atoms with Gasteiger partial charge in [0.05, 0.1) is 0 Å². The van der Waals surface area contributed by atoms with Crippen molar-refractivity contribution in [1.29, 1.82) is 0 Å². The highest BCUT2D eigenvalue weighted by molar-refractivity contribution is 5.83. The molecular weight excluding hydrogens is 268 g/mol. The summed E-state index contributed by atoms with van der Waals surface area (Å²) in [4.78, 5) is 14.9. The lowest BCUT2D eigenvalue weighted by atomic mass is 9.79. The van der Waals surface area contributed by atoms with Crippen molar-refractivity contribution in [3.8, 4) is 0 Å². The third-order valence-corrected chi connectivity index (χ3v) is 4.19. The van der Waals surface area contributed by atoms with Gasteiger partial charge < -0.3 is 10.2 Å². The molecule has 0 aliphatic carbocycles. The van der Waals surface area contributed by atoms with Gasteiger partial charge >= 0.3 is 0 Å². The number of likely N-dealkylation sites (tertiary alicyclic amines) is 1. The maximum absolute atomic E-state index is 12.6. The number of carbonyl (C=O) groups is 1. The summed E-state index contributed by atoms with van der Waals surface area (Å²) in [6.45, 7) is 11.0. The third kappa shape index (κ3) is 3.78. The molecule has 1 amide bonds. The van der Waals surface area contributed by atoms with Crippen LogP contribution in [0.2, 0.25) is 0 Å². The van der Waals surface area contributed by atoms with Crippen LogP contribution in [0.25, 0.3) is 0 Å². The Bertz CT molecular complexity index is 480. The fraction of sp³-hybridized carbons (Fsp3) is 0.857. The molecule has 1 saturated heterocycles. The van der Waals surface area contributed by atoms with E-state index in [9.17, 15) is 4.79 Å². The molecule has 2 unspecified atom stereocenters. The molecule has 1 fully saturated rings. The van der Waals surface area contributed by atoms with Crippen LogP contribution >= 0.6 is 0 Å². The summed E-state index contributed by atoms with van der Waals surface area (Å²) in [6.07, 6.45) is 1.10. The van der Waals surface area contributed by atoms with E-state index >= 15 is 0 Å². The average molecular weight is 294 g/mol. The van der Waals surface area contributed by atoms with Crippen LogP contribution in [-0.2, 0) is 4.79 Å². The number of nitrogens with one attached hydrogen (secondary N) is 2. The summed E-state index contributed by atoms with van der Waals surface area (Å²) in [5.41, 5.74) is -0.120. The predicted molar refractivity (Wildman–Crippen MR) is 79.6 cm³/mol. The quantitative estimate of drug-likeness (QED) is 0.857. The highest BCUT2D eigenvalue weighted by atomic mass is 16.2. The Morgan fingerprint density at radius 3 is 2.71 bits per heavy atom. The van der Waals surface area contributed by atoms with Gasteiger partial charge in [-0.3, -0.25) is 4.79 Å². The molecule has 0 radical (unpaired) electrons. The van der Waals surface area contributed by atoms with Gasteiger partial charge in [0.15, 0.2) is 5.82 Å². The van der Waals surface area contributed by atoms with Crippen LogP contribution in [0.15, 0.2) is 0 Å². The molecule has 1 aliphatic rings. The molecule has 2 heterocycles. The van der Waals surface area contributed by atoms with E-state index < -0.39 is 5.92 Å². The van der Waals surface area contributed by atoms with Gasteiger partial charge in [0.2, 0.25) is 5.91 Å². The Labute approximate surface area is 125 Å². The van der Waals surface area contributed by atoms with Gasteiger partial charge in [0.25, 0.3) is 0 Å². The minimum atomic E-state index is -0.404. The van der Waals surface area contributed by atoms with Crippen LogP contribution in [-0.4, -0.2) is 58.1 Å². The zero-order chi connectivity index (χ0) is 15.7. The van der Waals surface area contributed by atoms with Crippen molar-refractivity contribution in [2.45, 2.75) is 40.0 Å². The predicted octanol–water partition coefficient (Wildman–Crippen LogP) is 0.787. The van der Waals surface area contributed by atoms with E-state index in [0.29, 0.717) is 12.4 Å². The molecule has 21 heavy (non-hydrogen) atoms. The van der Waals surface area contributed by atoms with E-state index in [1.807, 2.05) is 20.8 Å². The fourth-order valence-electron chi connectivity index (χ4n) is 3.01. The second-order valence-electron chi connectivity index (χ2n) is 7.59. The van der Waals surface area contributed by atoms with Gasteiger partial charge in [-0.2, -0.15) is 5.21 Å². The first-order valence-electron chi connectivity index (χ1n) is 7.41. The lowest BCUT2D eigenvalue weighted by molar-refractivity contribution is -0.125. The van der Waals surface area contributed by atoms with Crippen molar-refractivity contribution < 1.29 is 4.79 Å². The van der Waals surface area contributed by atoms with Gasteiger partial charge in [-0.05, 0) is 30.8 Å². The second-order valence-corrected chi connectivity index (χ2v) is 7.59. The summed E-state index contributed by atoms with van der Waals surface area (Å²) in [5, 5.41) is 17.1. The molecule has 2 rings (SSSR count). The number of hydrogen-bond acceptors (Lipinski definition) is 5. The first-order valence-corrected chi connectivity index (χ1v) is 7.41. The van der Waals surface area contributed by atoms with Crippen molar-refractivity contribution in [2.75, 3.05) is 26.7 Å². The van der Waals surface area contributed by atoms with Crippen molar-refractivity contribution in [3.05, 3.63) is 5.82 Å². The lowest BCUT2D eigenvalue weighted by Gasteiger charge is -2.29. The zero-order valence-electron chi connectivity index (χ0n) is 13.6. The minimum Gasteiger partial charge on any atom is -0.355 e. The third-order valence-electron chi connectivity index (χ3n) is 4.19. The molecule has 2 atom stereocenters. The molecule has 1 aromatic rings. The molecule has 118 valence electrons. The van der Waals surface area contributed by atoms with Gasteiger partial charge in [0.1, 0.15) is 5.92 Å². The number of rotatable bonds is 4. The molecule has 7 nitrogen and oxygen atoms in total. The summed E-state index contributed by atoms with van der Waals surface area (Å²) in [6, 6.07) is 0. The Morgan fingerprint density at radius 2 is 2.24 bits per heavy atom. The van der Waals surface area contributed by atoms with Crippen LogP contribution < -0.4 is 5.32 Å². The van der Waals surface area contributed by atoms with Crippen LogP contribution in [0, 0.1) is 10.8 Å². The monoisotopic (exact) mass is 294 g/mol. The number of nitrogens with zero attached hydrogens (tertiary/aromatic N) is 4. The average Bonchev–Trinajstić information content (AvgIpc) is 2.96. The van der Waals surface area contributed by atoms with E-state index in [-0.39, 0.29) is 16.7 Å². The Hall–Kier alpha value is -1.50. The van der Waals surface area contributed by atoms with Crippen molar-refractivity contribution in [1.82, 2.24) is 30.8 Å². The summed E-state index contributed by atoms with van der Waals surface area (Å²) in [7, 11) is 2.12. The molecule has 7 heteroatoms. The number of aromatic amines is 1. The highest BCUT2D eigenvalue weighted by Crippen LogP contribution is 2.34. The van der Waals surface area contributed by atoms with E-state index in [0.717, 1.165) is 19.5 Å².